The zero-order chi connectivity index (χ0) is 21.7. The van der Waals surface area contributed by atoms with Gasteiger partial charge < -0.3 is 5.32 Å². The number of imide groups is 1. The fourth-order valence-electron chi connectivity index (χ4n) is 5.11. The van der Waals surface area contributed by atoms with Gasteiger partial charge >= 0.3 is 0 Å². The molecule has 1 N–H and O–H groups in total. The van der Waals surface area contributed by atoms with Gasteiger partial charge in [0.15, 0.2) is 0 Å². The van der Waals surface area contributed by atoms with E-state index in [0.29, 0.717) is 18.8 Å². The van der Waals surface area contributed by atoms with Crippen LogP contribution in [0.5, 0.6) is 0 Å². The third-order valence-electron chi connectivity index (χ3n) is 6.77. The largest absolute Gasteiger partial charge is 0.347 e. The molecule has 0 bridgehead atoms. The van der Waals surface area contributed by atoms with Crippen LogP contribution in [0.1, 0.15) is 42.5 Å². The maximum Gasteiger partial charge on any atom is 0.260 e. The molecule has 3 heterocycles. The highest BCUT2D eigenvalue weighted by atomic mass is 16.2. The Hall–Kier alpha value is -3.74. The van der Waals surface area contributed by atoms with Crippen LogP contribution in [0, 0.1) is 11.8 Å². The number of benzene rings is 2. The summed E-state index contributed by atoms with van der Waals surface area (Å²) in [6.45, 7) is 0. The molecule has 1 aliphatic carbocycles. The minimum absolute atomic E-state index is 0.0442. The first-order valence-corrected chi connectivity index (χ1v) is 11.1. The molecular weight excluding hydrogens is 402 g/mol. The Labute approximate surface area is 185 Å². The number of fused-ring (bicyclic) bond motifs is 2. The third-order valence-corrected chi connectivity index (χ3v) is 6.77. The van der Waals surface area contributed by atoms with Crippen LogP contribution >= 0.6 is 0 Å². The summed E-state index contributed by atoms with van der Waals surface area (Å²) >= 11 is 0. The lowest BCUT2D eigenvalue weighted by atomic mass is 9.85. The number of hydrogen-bond donors (Lipinski definition) is 1. The van der Waals surface area contributed by atoms with Crippen molar-refractivity contribution in [2.75, 3.05) is 10.2 Å². The number of amides is 2. The van der Waals surface area contributed by atoms with Gasteiger partial charge in [-0.2, -0.15) is 4.98 Å². The van der Waals surface area contributed by atoms with E-state index in [1.807, 2.05) is 53.2 Å². The average Bonchev–Trinajstić information content (AvgIpc) is 3.38. The molecular formula is C25H23N5O2. The highest BCUT2D eigenvalue weighted by Gasteiger charge is 2.49. The molecule has 2 aromatic carbocycles. The maximum absolute atomic E-state index is 13.1. The van der Waals surface area contributed by atoms with Crippen LogP contribution in [-0.4, -0.2) is 26.6 Å². The summed E-state index contributed by atoms with van der Waals surface area (Å²) in [7, 11) is 0. The van der Waals surface area contributed by atoms with Crippen LogP contribution in [0.3, 0.4) is 0 Å². The third kappa shape index (κ3) is 2.96. The standard InChI is InChI=1S/C25H23N5O2/c31-22-18-13-7-8-14-19(18)23(32)29(22)25-27-24-26-20(16-9-3-1-4-10-16)15-21(30(24)28-25)17-11-5-2-6-12-17/h1-12,18-21H,13-15H2,(H,26,27,28)/t18-,19+,20-,21-/m0/s1. The Morgan fingerprint density at radius 1 is 0.812 bits per heavy atom. The lowest BCUT2D eigenvalue weighted by Gasteiger charge is -2.31. The van der Waals surface area contributed by atoms with E-state index in [-0.39, 0.29) is 41.7 Å². The number of aromatic nitrogens is 3. The predicted octanol–water partition coefficient (Wildman–Crippen LogP) is 3.88. The van der Waals surface area contributed by atoms with Crippen molar-refractivity contribution < 1.29 is 9.59 Å². The molecule has 0 radical (unpaired) electrons. The van der Waals surface area contributed by atoms with Gasteiger partial charge in [0.05, 0.1) is 23.9 Å². The molecule has 160 valence electrons. The van der Waals surface area contributed by atoms with Crippen LogP contribution in [0.4, 0.5) is 11.9 Å². The normalized spacial score (nSPS) is 26.6. The van der Waals surface area contributed by atoms with Gasteiger partial charge in [0, 0.05) is 0 Å². The molecule has 1 aromatic heterocycles. The zero-order valence-electron chi connectivity index (χ0n) is 17.5. The van der Waals surface area contributed by atoms with Crippen molar-refractivity contribution in [3.8, 4) is 0 Å². The molecule has 0 spiro atoms. The Kier molecular flexibility index (Phi) is 4.41. The van der Waals surface area contributed by atoms with Gasteiger partial charge in [-0.05, 0) is 30.4 Å². The van der Waals surface area contributed by atoms with Gasteiger partial charge in [0.2, 0.25) is 17.8 Å². The van der Waals surface area contributed by atoms with Crippen LogP contribution in [0.2, 0.25) is 0 Å². The molecule has 2 amide bonds. The lowest BCUT2D eigenvalue weighted by Crippen LogP contribution is -2.32. The fraction of sp³-hybridized carbons (Fsp3) is 0.280. The summed E-state index contributed by atoms with van der Waals surface area (Å²) in [5.41, 5.74) is 2.28. The summed E-state index contributed by atoms with van der Waals surface area (Å²) in [5.74, 6) is -0.244. The van der Waals surface area contributed by atoms with Crippen molar-refractivity contribution in [2.45, 2.75) is 31.3 Å². The lowest BCUT2D eigenvalue weighted by molar-refractivity contribution is -0.122. The van der Waals surface area contributed by atoms with Crippen molar-refractivity contribution in [1.82, 2.24) is 14.8 Å². The SMILES string of the molecule is O=C1[C@H]2CC=CC[C@H]2C(=O)N1c1nc2n(n1)[C@H](c1ccccc1)C[C@@H](c1ccccc1)N2. The van der Waals surface area contributed by atoms with Crippen molar-refractivity contribution in [2.24, 2.45) is 11.8 Å². The molecule has 6 rings (SSSR count). The monoisotopic (exact) mass is 425 g/mol. The van der Waals surface area contributed by atoms with Crippen molar-refractivity contribution >= 4 is 23.7 Å². The van der Waals surface area contributed by atoms with E-state index in [1.165, 1.54) is 4.90 Å². The van der Waals surface area contributed by atoms with Crippen LogP contribution in [0.25, 0.3) is 0 Å². The fourth-order valence-corrected chi connectivity index (χ4v) is 5.11. The second-order valence-electron chi connectivity index (χ2n) is 8.62. The Morgan fingerprint density at radius 2 is 1.41 bits per heavy atom. The number of hydrogen-bond acceptors (Lipinski definition) is 5. The number of carbonyl (C=O) groups is 2. The maximum atomic E-state index is 13.1. The van der Waals surface area contributed by atoms with E-state index < -0.39 is 0 Å². The second-order valence-corrected chi connectivity index (χ2v) is 8.62. The molecule has 0 saturated carbocycles. The summed E-state index contributed by atoms with van der Waals surface area (Å²) in [6, 6.07) is 20.4. The van der Waals surface area contributed by atoms with E-state index >= 15 is 0 Å². The van der Waals surface area contributed by atoms with Crippen molar-refractivity contribution in [3.63, 3.8) is 0 Å². The zero-order valence-corrected chi connectivity index (χ0v) is 17.5. The van der Waals surface area contributed by atoms with Crippen LogP contribution in [-0.2, 0) is 9.59 Å². The molecule has 7 nitrogen and oxygen atoms in total. The minimum atomic E-state index is -0.303. The number of allylic oxidation sites excluding steroid dienone is 2. The van der Waals surface area contributed by atoms with Crippen molar-refractivity contribution in [1.29, 1.82) is 0 Å². The molecule has 2 aliphatic heterocycles. The molecule has 3 aliphatic rings. The van der Waals surface area contributed by atoms with Gasteiger partial charge in [0.25, 0.3) is 5.95 Å². The van der Waals surface area contributed by atoms with Gasteiger partial charge in [-0.25, -0.2) is 9.58 Å². The second kappa shape index (κ2) is 7.44. The van der Waals surface area contributed by atoms with Gasteiger partial charge in [-0.3, -0.25) is 9.59 Å². The molecule has 1 fully saturated rings. The molecule has 32 heavy (non-hydrogen) atoms. The number of rotatable bonds is 3. The predicted molar refractivity (Wildman–Crippen MR) is 120 cm³/mol. The highest BCUT2D eigenvalue weighted by molar-refractivity contribution is 6.21. The van der Waals surface area contributed by atoms with E-state index in [1.54, 1.807) is 0 Å². The smallest absolute Gasteiger partial charge is 0.260 e. The first kappa shape index (κ1) is 19.0. The van der Waals surface area contributed by atoms with E-state index in [2.05, 4.69) is 39.7 Å². The summed E-state index contributed by atoms with van der Waals surface area (Å²) in [5, 5.41) is 8.16. The molecule has 0 unspecified atom stereocenters. The Morgan fingerprint density at radius 3 is 2.03 bits per heavy atom. The number of carbonyl (C=O) groups excluding carboxylic acids is 2. The number of nitrogens with one attached hydrogen (secondary N) is 1. The van der Waals surface area contributed by atoms with Crippen LogP contribution < -0.4 is 10.2 Å². The summed E-state index contributed by atoms with van der Waals surface area (Å²) in [6.07, 6.45) is 5.94. The first-order valence-electron chi connectivity index (χ1n) is 11.1. The summed E-state index contributed by atoms with van der Waals surface area (Å²) in [4.78, 5) is 32.0. The van der Waals surface area contributed by atoms with Gasteiger partial charge in [-0.1, -0.05) is 72.8 Å². The topological polar surface area (TPSA) is 80.1 Å². The average molecular weight is 425 g/mol. The number of nitrogens with zero attached hydrogens (tertiary/aromatic N) is 4. The minimum Gasteiger partial charge on any atom is -0.347 e. The molecule has 3 aromatic rings. The van der Waals surface area contributed by atoms with E-state index in [9.17, 15) is 9.59 Å². The van der Waals surface area contributed by atoms with Crippen LogP contribution in [0.15, 0.2) is 72.8 Å². The Bertz CT molecular complexity index is 1180. The highest BCUT2D eigenvalue weighted by Crippen LogP contribution is 2.41. The number of anilines is 2. The van der Waals surface area contributed by atoms with Gasteiger partial charge in [-0.15, -0.1) is 5.10 Å². The summed E-state index contributed by atoms with van der Waals surface area (Å²) < 4.78 is 1.82. The van der Waals surface area contributed by atoms with Gasteiger partial charge in [0.1, 0.15) is 0 Å². The molecule has 7 heteroatoms. The quantitative estimate of drug-likeness (QED) is 0.509. The molecule has 4 atom stereocenters. The first-order chi connectivity index (χ1) is 15.7. The molecule has 1 saturated heterocycles. The van der Waals surface area contributed by atoms with E-state index in [0.717, 1.165) is 17.5 Å². The van der Waals surface area contributed by atoms with Crippen molar-refractivity contribution in [3.05, 3.63) is 83.9 Å². The Balaban J connectivity index is 1.40. The van der Waals surface area contributed by atoms with E-state index in [4.69, 9.17) is 0 Å².